The highest BCUT2D eigenvalue weighted by Crippen LogP contribution is 2.45. The van der Waals surface area contributed by atoms with Gasteiger partial charge in [-0.15, -0.1) is 0 Å². The van der Waals surface area contributed by atoms with Crippen LogP contribution in [0.4, 0.5) is 11.4 Å². The Bertz CT molecular complexity index is 1100. The van der Waals surface area contributed by atoms with Crippen molar-refractivity contribution in [3.05, 3.63) is 90.9 Å². The molecule has 2 nitrogen and oxygen atoms in total. The van der Waals surface area contributed by atoms with Gasteiger partial charge in [-0.05, 0) is 78.1 Å². The highest BCUT2D eigenvalue weighted by molar-refractivity contribution is 9.10. The van der Waals surface area contributed by atoms with Crippen molar-refractivity contribution in [3.63, 3.8) is 0 Å². The van der Waals surface area contributed by atoms with E-state index in [0.717, 1.165) is 25.9 Å². The zero-order valence-electron chi connectivity index (χ0n) is 19.1. The van der Waals surface area contributed by atoms with Crippen LogP contribution in [0, 0.1) is 6.92 Å². The molecule has 5 rings (SSSR count). The minimum Gasteiger partial charge on any atom is -0.374 e. The monoisotopic (exact) mass is 552 g/mol. The SMILES string of the molecule is Cc1ccccc1C(c1cc2c(cc1Br)N(C)CCC2)c1cc2c(cc1Br)N(C)CCC2. The average molecular weight is 554 g/mol. The number of aryl methyl sites for hydroxylation is 3. The summed E-state index contributed by atoms with van der Waals surface area (Å²) in [6.45, 7) is 4.50. The molecule has 0 bridgehead atoms. The van der Waals surface area contributed by atoms with Crippen molar-refractivity contribution in [1.82, 2.24) is 0 Å². The van der Waals surface area contributed by atoms with Crippen LogP contribution < -0.4 is 9.80 Å². The van der Waals surface area contributed by atoms with Gasteiger partial charge < -0.3 is 9.80 Å². The van der Waals surface area contributed by atoms with Gasteiger partial charge in [0.1, 0.15) is 0 Å². The predicted octanol–water partition coefficient (Wildman–Crippen LogP) is 7.47. The van der Waals surface area contributed by atoms with Gasteiger partial charge in [-0.25, -0.2) is 0 Å². The molecule has 2 aliphatic rings. The lowest BCUT2D eigenvalue weighted by Gasteiger charge is -2.32. The molecular weight excluding hydrogens is 524 g/mol. The molecule has 0 spiro atoms. The van der Waals surface area contributed by atoms with Crippen molar-refractivity contribution in [2.75, 3.05) is 37.0 Å². The first-order chi connectivity index (χ1) is 15.4. The normalized spacial score (nSPS) is 15.7. The lowest BCUT2D eigenvalue weighted by Crippen LogP contribution is -2.25. The average Bonchev–Trinajstić information content (AvgIpc) is 2.77. The molecule has 0 aromatic heterocycles. The van der Waals surface area contributed by atoms with Gasteiger partial charge in [0.05, 0.1) is 0 Å². The molecule has 0 atom stereocenters. The molecular formula is C28H30Br2N2. The van der Waals surface area contributed by atoms with Crippen LogP contribution in [0.1, 0.15) is 52.1 Å². The minimum absolute atomic E-state index is 0.176. The van der Waals surface area contributed by atoms with Gasteiger partial charge in [-0.1, -0.05) is 68.3 Å². The van der Waals surface area contributed by atoms with E-state index in [1.165, 1.54) is 66.5 Å². The molecule has 2 aliphatic heterocycles. The second-order valence-corrected chi connectivity index (χ2v) is 11.1. The number of nitrogens with zero attached hydrogens (tertiary/aromatic N) is 2. The first-order valence-corrected chi connectivity index (χ1v) is 13.1. The Morgan fingerprint density at radius 3 is 1.72 bits per heavy atom. The molecule has 0 N–H and O–H groups in total. The first kappa shape index (κ1) is 22.0. The molecule has 4 heteroatoms. The van der Waals surface area contributed by atoms with E-state index in [0.29, 0.717) is 0 Å². The molecule has 32 heavy (non-hydrogen) atoms. The summed E-state index contributed by atoms with van der Waals surface area (Å²) in [5, 5.41) is 0. The fourth-order valence-corrected chi connectivity index (χ4v) is 6.59. The molecule has 0 saturated heterocycles. The van der Waals surface area contributed by atoms with Crippen molar-refractivity contribution in [2.45, 2.75) is 38.5 Å². The molecule has 3 aromatic carbocycles. The quantitative estimate of drug-likeness (QED) is 0.310. The van der Waals surface area contributed by atoms with Crippen molar-refractivity contribution in [1.29, 1.82) is 0 Å². The zero-order chi connectivity index (χ0) is 22.4. The fourth-order valence-electron chi connectivity index (χ4n) is 5.47. The Hall–Kier alpha value is -1.78. The summed E-state index contributed by atoms with van der Waals surface area (Å²) < 4.78 is 2.39. The summed E-state index contributed by atoms with van der Waals surface area (Å²) in [5.41, 5.74) is 11.1. The van der Waals surface area contributed by atoms with Gasteiger partial charge in [0.15, 0.2) is 0 Å². The highest BCUT2D eigenvalue weighted by atomic mass is 79.9. The third kappa shape index (κ3) is 3.90. The Balaban J connectivity index is 1.73. The minimum atomic E-state index is 0.176. The number of hydrogen-bond donors (Lipinski definition) is 0. The fraction of sp³-hybridized carbons (Fsp3) is 0.357. The van der Waals surface area contributed by atoms with Crippen LogP contribution in [0.3, 0.4) is 0 Å². The Labute approximate surface area is 208 Å². The maximum atomic E-state index is 3.98. The molecule has 166 valence electrons. The van der Waals surface area contributed by atoms with Crippen molar-refractivity contribution in [2.24, 2.45) is 0 Å². The topological polar surface area (TPSA) is 6.48 Å². The van der Waals surface area contributed by atoms with E-state index in [2.05, 4.69) is 111 Å². The van der Waals surface area contributed by atoms with Crippen molar-refractivity contribution in [3.8, 4) is 0 Å². The van der Waals surface area contributed by atoms with Crippen LogP contribution in [-0.4, -0.2) is 27.2 Å². The van der Waals surface area contributed by atoms with Gasteiger partial charge in [-0.2, -0.15) is 0 Å². The summed E-state index contributed by atoms with van der Waals surface area (Å²) in [7, 11) is 4.42. The number of rotatable bonds is 3. The molecule has 0 radical (unpaired) electrons. The number of halogens is 2. The molecule has 0 aliphatic carbocycles. The van der Waals surface area contributed by atoms with E-state index >= 15 is 0 Å². The third-order valence-corrected chi connectivity index (χ3v) is 8.59. The standard InChI is InChI=1S/C28H30Br2N2/c1-18-8-4-5-11-21(18)28(22-14-19-9-6-12-31(2)26(19)16-24(22)29)23-15-20-10-7-13-32(3)27(20)17-25(23)30/h4-5,8,11,14-17,28H,6-7,9-10,12-13H2,1-3H3. The summed E-state index contributed by atoms with van der Waals surface area (Å²) >= 11 is 7.96. The van der Waals surface area contributed by atoms with Crippen molar-refractivity contribution >= 4 is 43.2 Å². The van der Waals surface area contributed by atoms with Gasteiger partial charge >= 0.3 is 0 Å². The van der Waals surface area contributed by atoms with Gasteiger partial charge in [0.25, 0.3) is 0 Å². The smallest absolute Gasteiger partial charge is 0.0407 e. The zero-order valence-corrected chi connectivity index (χ0v) is 22.3. The summed E-state index contributed by atoms with van der Waals surface area (Å²) in [6.07, 6.45) is 4.73. The van der Waals surface area contributed by atoms with Crippen LogP contribution in [-0.2, 0) is 12.8 Å². The third-order valence-electron chi connectivity index (χ3n) is 7.22. The Morgan fingerprint density at radius 2 is 1.22 bits per heavy atom. The molecule has 2 heterocycles. The van der Waals surface area contributed by atoms with E-state index in [1.807, 2.05) is 0 Å². The predicted molar refractivity (Wildman–Crippen MR) is 144 cm³/mol. The van der Waals surface area contributed by atoms with E-state index in [1.54, 1.807) is 0 Å². The molecule has 0 unspecified atom stereocenters. The summed E-state index contributed by atoms with van der Waals surface area (Å²) in [5.74, 6) is 0.176. The number of hydrogen-bond acceptors (Lipinski definition) is 2. The summed E-state index contributed by atoms with van der Waals surface area (Å²) in [4.78, 5) is 4.78. The maximum Gasteiger partial charge on any atom is 0.0407 e. The van der Waals surface area contributed by atoms with E-state index in [4.69, 9.17) is 0 Å². The summed E-state index contributed by atoms with van der Waals surface area (Å²) in [6, 6.07) is 18.5. The van der Waals surface area contributed by atoms with Crippen LogP contribution in [0.2, 0.25) is 0 Å². The number of benzene rings is 3. The van der Waals surface area contributed by atoms with E-state index in [-0.39, 0.29) is 5.92 Å². The lowest BCUT2D eigenvalue weighted by molar-refractivity contribution is 0.738. The van der Waals surface area contributed by atoms with Gasteiger partial charge in [0.2, 0.25) is 0 Å². The largest absolute Gasteiger partial charge is 0.374 e. The molecule has 3 aromatic rings. The van der Waals surface area contributed by atoms with E-state index in [9.17, 15) is 0 Å². The molecule has 0 fully saturated rings. The number of anilines is 2. The first-order valence-electron chi connectivity index (χ1n) is 11.6. The van der Waals surface area contributed by atoms with Crippen LogP contribution in [0.15, 0.2) is 57.5 Å². The molecule has 0 amide bonds. The Kier molecular flexibility index (Phi) is 6.11. The molecule has 0 saturated carbocycles. The maximum absolute atomic E-state index is 3.98. The highest BCUT2D eigenvalue weighted by Gasteiger charge is 2.27. The van der Waals surface area contributed by atoms with Gasteiger partial charge in [0, 0.05) is 53.4 Å². The number of fused-ring (bicyclic) bond motifs is 2. The van der Waals surface area contributed by atoms with Crippen molar-refractivity contribution < 1.29 is 0 Å². The second kappa shape index (κ2) is 8.87. The van der Waals surface area contributed by atoms with E-state index < -0.39 is 0 Å². The Morgan fingerprint density at radius 1 is 0.719 bits per heavy atom. The van der Waals surface area contributed by atoms with Crippen LogP contribution >= 0.6 is 31.9 Å². The lowest BCUT2D eigenvalue weighted by atomic mass is 9.80. The van der Waals surface area contributed by atoms with Gasteiger partial charge in [-0.3, -0.25) is 0 Å². The van der Waals surface area contributed by atoms with Crippen LogP contribution in [0.5, 0.6) is 0 Å². The van der Waals surface area contributed by atoms with Crippen LogP contribution in [0.25, 0.3) is 0 Å². The second-order valence-electron chi connectivity index (χ2n) is 9.34.